The molecular formula is C27H50O11S. The van der Waals surface area contributed by atoms with Gasteiger partial charge in [0, 0.05) is 6.42 Å². The summed E-state index contributed by atoms with van der Waals surface area (Å²) in [5.74, 6) is -3.74. The second-order valence-electron chi connectivity index (χ2n) is 10.4. The Hall–Kier alpha value is -1.76. The summed E-state index contributed by atoms with van der Waals surface area (Å²) in [5, 5.41) is 25.7. The van der Waals surface area contributed by atoms with Crippen LogP contribution in [0.15, 0.2) is 0 Å². The smallest absolute Gasteiger partial charge is 0.325 e. The van der Waals surface area contributed by atoms with Gasteiger partial charge in [-0.15, -0.1) is 0 Å². The monoisotopic (exact) mass is 582 g/mol. The van der Waals surface area contributed by atoms with E-state index < -0.39 is 71.5 Å². The maximum absolute atomic E-state index is 12.1. The number of aliphatic hydroxyl groups is 2. The molecule has 0 aromatic carbocycles. The van der Waals surface area contributed by atoms with E-state index >= 15 is 0 Å². The van der Waals surface area contributed by atoms with Crippen LogP contribution in [0.2, 0.25) is 0 Å². The Kier molecular flexibility index (Phi) is 21.0. The van der Waals surface area contributed by atoms with E-state index in [1.54, 1.807) is 0 Å². The van der Waals surface area contributed by atoms with Gasteiger partial charge >= 0.3 is 17.9 Å². The number of unbranched alkanes of at least 4 members (excludes halogenated alkanes) is 14. The SMILES string of the molecule is CCCCCCCCCCCCCCCCCC(=O)OCC(CO)(CO)COC(=O)CC(C(=O)O)S(=O)(=O)O. The number of hydrogen-bond acceptors (Lipinski definition) is 9. The Labute approximate surface area is 233 Å². The zero-order valence-electron chi connectivity index (χ0n) is 23.5. The highest BCUT2D eigenvalue weighted by Gasteiger charge is 2.36. The molecule has 4 N–H and O–H groups in total. The van der Waals surface area contributed by atoms with Gasteiger partial charge in [-0.05, 0) is 6.42 Å². The number of hydrogen-bond donors (Lipinski definition) is 4. The van der Waals surface area contributed by atoms with Crippen LogP contribution >= 0.6 is 0 Å². The molecule has 0 bridgehead atoms. The quantitative estimate of drug-likeness (QED) is 0.0655. The largest absolute Gasteiger partial charge is 0.480 e. The van der Waals surface area contributed by atoms with Crippen LogP contribution < -0.4 is 0 Å². The van der Waals surface area contributed by atoms with Crippen LogP contribution in [0.5, 0.6) is 0 Å². The first-order valence-electron chi connectivity index (χ1n) is 14.2. The van der Waals surface area contributed by atoms with Gasteiger partial charge < -0.3 is 24.8 Å². The molecule has 0 saturated carbocycles. The standard InChI is InChI=1S/C27H50O11S/c1-2-3-4-5-6-7-8-9-10-11-12-13-14-15-16-17-24(30)37-21-27(19-28,20-29)22-38-25(31)18-23(26(32)33)39(34,35)36/h23,28-29H,2-22H2,1H3,(H,32,33)(H,34,35,36). The molecule has 0 aromatic heterocycles. The predicted molar refractivity (Wildman–Crippen MR) is 146 cm³/mol. The molecule has 1 unspecified atom stereocenters. The van der Waals surface area contributed by atoms with Crippen molar-refractivity contribution in [3.63, 3.8) is 0 Å². The Morgan fingerprint density at radius 3 is 1.44 bits per heavy atom. The average molecular weight is 583 g/mol. The van der Waals surface area contributed by atoms with Crippen LogP contribution in [0.1, 0.15) is 116 Å². The van der Waals surface area contributed by atoms with Gasteiger partial charge in [0.2, 0.25) is 0 Å². The Morgan fingerprint density at radius 2 is 1.08 bits per heavy atom. The Morgan fingerprint density at radius 1 is 0.692 bits per heavy atom. The third-order valence-corrected chi connectivity index (χ3v) is 7.81. The van der Waals surface area contributed by atoms with Gasteiger partial charge in [-0.25, -0.2) is 0 Å². The molecule has 0 radical (unpaired) electrons. The van der Waals surface area contributed by atoms with Gasteiger partial charge in [0.25, 0.3) is 10.1 Å². The molecule has 0 amide bonds. The van der Waals surface area contributed by atoms with Gasteiger partial charge in [0.05, 0.1) is 25.0 Å². The van der Waals surface area contributed by atoms with Crippen LogP contribution in [0.4, 0.5) is 0 Å². The normalized spacial score (nSPS) is 12.7. The van der Waals surface area contributed by atoms with Crippen molar-refractivity contribution >= 4 is 28.0 Å². The van der Waals surface area contributed by atoms with E-state index in [-0.39, 0.29) is 6.42 Å². The highest BCUT2D eigenvalue weighted by atomic mass is 32.2. The lowest BCUT2D eigenvalue weighted by Crippen LogP contribution is -2.41. The topological polar surface area (TPSA) is 185 Å². The Bertz CT molecular complexity index is 779. The van der Waals surface area contributed by atoms with E-state index in [9.17, 15) is 33.0 Å². The fraction of sp³-hybridized carbons (Fsp3) is 0.889. The van der Waals surface area contributed by atoms with Gasteiger partial charge in [0.1, 0.15) is 13.2 Å². The molecule has 0 heterocycles. The van der Waals surface area contributed by atoms with Crippen molar-refractivity contribution in [2.45, 2.75) is 121 Å². The molecule has 12 heteroatoms. The molecule has 0 aliphatic carbocycles. The summed E-state index contributed by atoms with van der Waals surface area (Å²) in [4.78, 5) is 34.9. The summed E-state index contributed by atoms with van der Waals surface area (Å²) in [6.07, 6.45) is 17.0. The molecule has 0 aliphatic rings. The highest BCUT2D eigenvalue weighted by molar-refractivity contribution is 7.87. The van der Waals surface area contributed by atoms with E-state index in [0.29, 0.717) is 6.42 Å². The number of aliphatic carboxylic acids is 1. The summed E-state index contributed by atoms with van der Waals surface area (Å²) in [5.41, 5.74) is -1.54. The van der Waals surface area contributed by atoms with Crippen molar-refractivity contribution in [1.29, 1.82) is 0 Å². The van der Waals surface area contributed by atoms with Gasteiger partial charge in [0.15, 0.2) is 5.25 Å². The van der Waals surface area contributed by atoms with Crippen molar-refractivity contribution in [3.8, 4) is 0 Å². The first-order chi connectivity index (χ1) is 18.5. The second-order valence-corrected chi connectivity index (χ2v) is 12.0. The van der Waals surface area contributed by atoms with E-state index in [0.717, 1.165) is 19.3 Å². The molecule has 230 valence electrons. The number of rotatable bonds is 26. The van der Waals surface area contributed by atoms with E-state index in [2.05, 4.69) is 6.92 Å². The third-order valence-electron chi connectivity index (χ3n) is 6.72. The summed E-state index contributed by atoms with van der Waals surface area (Å²) < 4.78 is 41.0. The third kappa shape index (κ3) is 19.0. The fourth-order valence-electron chi connectivity index (χ4n) is 3.98. The summed E-state index contributed by atoms with van der Waals surface area (Å²) in [6, 6.07) is 0. The van der Waals surface area contributed by atoms with Crippen LogP contribution in [-0.2, 0) is 34.0 Å². The first kappa shape index (κ1) is 37.2. The van der Waals surface area contributed by atoms with E-state index in [4.69, 9.17) is 19.1 Å². The summed E-state index contributed by atoms with van der Waals surface area (Å²) in [7, 11) is -5.04. The molecular weight excluding hydrogens is 532 g/mol. The lowest BCUT2D eigenvalue weighted by Gasteiger charge is -2.28. The van der Waals surface area contributed by atoms with Gasteiger partial charge in [-0.2, -0.15) is 8.42 Å². The second kappa shape index (κ2) is 22.0. The van der Waals surface area contributed by atoms with Gasteiger partial charge in [-0.1, -0.05) is 96.8 Å². The maximum Gasteiger partial charge on any atom is 0.325 e. The number of carbonyl (C=O) groups excluding carboxylic acids is 2. The van der Waals surface area contributed by atoms with Crippen LogP contribution in [0, 0.1) is 5.41 Å². The summed E-state index contributed by atoms with van der Waals surface area (Å²) in [6.45, 7) is -0.308. The lowest BCUT2D eigenvalue weighted by molar-refractivity contribution is -0.160. The minimum absolute atomic E-state index is 0.166. The number of esters is 2. The molecule has 11 nitrogen and oxygen atoms in total. The number of carboxylic acids is 1. The average Bonchev–Trinajstić information content (AvgIpc) is 2.89. The molecule has 0 saturated heterocycles. The van der Waals surface area contributed by atoms with Crippen LogP contribution in [0.25, 0.3) is 0 Å². The molecule has 0 aliphatic heterocycles. The molecule has 0 rings (SSSR count). The number of ether oxygens (including phenoxy) is 2. The zero-order valence-corrected chi connectivity index (χ0v) is 24.3. The summed E-state index contributed by atoms with van der Waals surface area (Å²) >= 11 is 0. The molecule has 39 heavy (non-hydrogen) atoms. The van der Waals surface area contributed by atoms with Crippen molar-refractivity contribution in [1.82, 2.24) is 0 Å². The lowest BCUT2D eigenvalue weighted by atomic mass is 9.92. The van der Waals surface area contributed by atoms with Crippen molar-refractivity contribution in [3.05, 3.63) is 0 Å². The number of carbonyl (C=O) groups is 3. The Balaban J connectivity index is 4.05. The number of carboxylic acid groups (broad SMARTS) is 1. The predicted octanol–water partition coefficient (Wildman–Crippen LogP) is 4.04. The minimum atomic E-state index is -5.04. The van der Waals surface area contributed by atoms with Crippen molar-refractivity contribution in [2.75, 3.05) is 26.4 Å². The molecule has 1 atom stereocenters. The van der Waals surface area contributed by atoms with E-state index in [1.165, 1.54) is 70.6 Å². The maximum atomic E-state index is 12.1. The van der Waals surface area contributed by atoms with E-state index in [1.807, 2.05) is 0 Å². The van der Waals surface area contributed by atoms with Crippen LogP contribution in [-0.4, -0.2) is 77.9 Å². The molecule has 0 spiro atoms. The molecule has 0 fully saturated rings. The fourth-order valence-corrected chi connectivity index (χ4v) is 4.59. The zero-order chi connectivity index (χ0) is 29.6. The minimum Gasteiger partial charge on any atom is -0.480 e. The van der Waals surface area contributed by atoms with Crippen LogP contribution in [0.3, 0.4) is 0 Å². The highest BCUT2D eigenvalue weighted by Crippen LogP contribution is 2.19. The first-order valence-corrected chi connectivity index (χ1v) is 15.7. The number of aliphatic hydroxyl groups excluding tert-OH is 2. The van der Waals surface area contributed by atoms with Crippen molar-refractivity contribution in [2.24, 2.45) is 5.41 Å². The molecule has 0 aromatic rings. The van der Waals surface area contributed by atoms with Crippen molar-refractivity contribution < 1.29 is 52.1 Å². The van der Waals surface area contributed by atoms with Gasteiger partial charge in [-0.3, -0.25) is 18.9 Å².